The van der Waals surface area contributed by atoms with Crippen molar-refractivity contribution < 1.29 is 0 Å². The molecule has 1 N–H and O–H groups in total. The van der Waals surface area contributed by atoms with Crippen LogP contribution >= 0.6 is 0 Å². The molecule has 0 aromatic heterocycles. The lowest BCUT2D eigenvalue weighted by Crippen LogP contribution is -1.85. The minimum absolute atomic E-state index is 0.941. The van der Waals surface area contributed by atoms with Crippen molar-refractivity contribution in [3.05, 3.63) is 47.5 Å². The molecule has 0 aliphatic rings. The summed E-state index contributed by atoms with van der Waals surface area (Å²) >= 11 is 0. The van der Waals surface area contributed by atoms with E-state index < -0.39 is 0 Å². The van der Waals surface area contributed by atoms with Crippen molar-refractivity contribution in [3.63, 3.8) is 0 Å². The summed E-state index contributed by atoms with van der Waals surface area (Å²) in [6.45, 7) is 2.04. The summed E-state index contributed by atoms with van der Waals surface area (Å²) in [7, 11) is 0. The highest BCUT2D eigenvalue weighted by Crippen LogP contribution is 2.05. The van der Waals surface area contributed by atoms with Crippen molar-refractivity contribution >= 4 is 6.21 Å². The minimum atomic E-state index is 0.941. The van der Waals surface area contributed by atoms with Gasteiger partial charge in [0.2, 0.25) is 0 Å². The molecule has 0 unspecified atom stereocenters. The molecule has 1 rings (SSSR count). The second kappa shape index (κ2) is 4.50. The van der Waals surface area contributed by atoms with Crippen molar-refractivity contribution in [1.82, 2.24) is 0 Å². The maximum atomic E-state index is 6.90. The largest absolute Gasteiger partial charge is 0.309 e. The Kier molecular flexibility index (Phi) is 3.27. The Bertz CT molecular complexity index is 272. The van der Waals surface area contributed by atoms with Crippen LogP contribution in [-0.2, 0) is 6.42 Å². The molecule has 12 heavy (non-hydrogen) atoms. The summed E-state index contributed by atoms with van der Waals surface area (Å²) in [4.78, 5) is 0. The highest BCUT2D eigenvalue weighted by molar-refractivity contribution is 5.68. The zero-order chi connectivity index (χ0) is 8.81. The van der Waals surface area contributed by atoms with Gasteiger partial charge in [-0.05, 0) is 25.0 Å². The SMILES string of the molecule is C/C(=C/C=N)Cc1ccccc1. The first-order valence-corrected chi connectivity index (χ1v) is 4.03. The van der Waals surface area contributed by atoms with E-state index in [1.165, 1.54) is 17.4 Å². The summed E-state index contributed by atoms with van der Waals surface area (Å²) < 4.78 is 0. The van der Waals surface area contributed by atoms with Crippen molar-refractivity contribution in [2.75, 3.05) is 0 Å². The fourth-order valence-corrected chi connectivity index (χ4v) is 1.12. The van der Waals surface area contributed by atoms with Crippen LogP contribution in [0.3, 0.4) is 0 Å². The van der Waals surface area contributed by atoms with Crippen LogP contribution in [-0.4, -0.2) is 6.21 Å². The highest BCUT2D eigenvalue weighted by atomic mass is 14.3. The van der Waals surface area contributed by atoms with E-state index in [0.717, 1.165) is 6.42 Å². The van der Waals surface area contributed by atoms with Crippen LogP contribution in [0.2, 0.25) is 0 Å². The molecule has 1 aromatic rings. The van der Waals surface area contributed by atoms with Crippen LogP contribution in [0.4, 0.5) is 0 Å². The van der Waals surface area contributed by atoms with E-state index in [1.54, 1.807) is 0 Å². The molecule has 0 aliphatic carbocycles. The van der Waals surface area contributed by atoms with Crippen LogP contribution in [0.1, 0.15) is 12.5 Å². The van der Waals surface area contributed by atoms with Gasteiger partial charge in [-0.25, -0.2) is 0 Å². The van der Waals surface area contributed by atoms with Crippen LogP contribution < -0.4 is 0 Å². The zero-order valence-corrected chi connectivity index (χ0v) is 7.25. The molecule has 0 amide bonds. The molecule has 0 atom stereocenters. The van der Waals surface area contributed by atoms with Crippen LogP contribution in [0.15, 0.2) is 42.0 Å². The number of rotatable bonds is 3. The summed E-state index contributed by atoms with van der Waals surface area (Å²) in [5.41, 5.74) is 2.52. The van der Waals surface area contributed by atoms with Crippen molar-refractivity contribution in [2.45, 2.75) is 13.3 Å². The van der Waals surface area contributed by atoms with E-state index in [-0.39, 0.29) is 0 Å². The molecule has 0 fully saturated rings. The lowest BCUT2D eigenvalue weighted by molar-refractivity contribution is 1.15. The van der Waals surface area contributed by atoms with Crippen molar-refractivity contribution in [2.24, 2.45) is 0 Å². The van der Waals surface area contributed by atoms with Gasteiger partial charge in [-0.15, -0.1) is 0 Å². The van der Waals surface area contributed by atoms with Gasteiger partial charge in [0.05, 0.1) is 0 Å². The second-order valence-corrected chi connectivity index (χ2v) is 2.84. The number of allylic oxidation sites excluding steroid dienone is 2. The van der Waals surface area contributed by atoms with E-state index >= 15 is 0 Å². The van der Waals surface area contributed by atoms with Gasteiger partial charge in [0.25, 0.3) is 0 Å². The van der Waals surface area contributed by atoms with Gasteiger partial charge in [-0.2, -0.15) is 0 Å². The molecule has 0 saturated heterocycles. The van der Waals surface area contributed by atoms with E-state index in [4.69, 9.17) is 5.41 Å². The molecule has 0 aliphatic heterocycles. The Morgan fingerprint density at radius 1 is 1.33 bits per heavy atom. The van der Waals surface area contributed by atoms with E-state index in [9.17, 15) is 0 Å². The Balaban J connectivity index is 2.64. The fraction of sp³-hybridized carbons (Fsp3) is 0.182. The van der Waals surface area contributed by atoms with Gasteiger partial charge in [-0.1, -0.05) is 35.9 Å². The fourth-order valence-electron chi connectivity index (χ4n) is 1.12. The van der Waals surface area contributed by atoms with Gasteiger partial charge >= 0.3 is 0 Å². The number of nitrogens with one attached hydrogen (secondary N) is 1. The number of benzene rings is 1. The molecular weight excluding hydrogens is 146 g/mol. The lowest BCUT2D eigenvalue weighted by Gasteiger charge is -1.99. The standard InChI is InChI=1S/C11H13N/c1-10(7-8-12)9-11-5-3-2-4-6-11/h2-8,12H,9H2,1H3/b10-7-,12-8?. The second-order valence-electron chi connectivity index (χ2n) is 2.84. The van der Waals surface area contributed by atoms with Crippen LogP contribution in [0, 0.1) is 5.41 Å². The Morgan fingerprint density at radius 3 is 2.58 bits per heavy atom. The first kappa shape index (κ1) is 8.72. The van der Waals surface area contributed by atoms with Crippen LogP contribution in [0.25, 0.3) is 0 Å². The molecule has 1 aromatic carbocycles. The molecule has 1 nitrogen and oxygen atoms in total. The molecule has 0 spiro atoms. The Hall–Kier alpha value is -1.37. The average Bonchev–Trinajstić information content (AvgIpc) is 2.06. The third-order valence-electron chi connectivity index (χ3n) is 1.69. The highest BCUT2D eigenvalue weighted by Gasteiger charge is 1.91. The predicted octanol–water partition coefficient (Wildman–Crippen LogP) is 2.82. The molecule has 0 heterocycles. The Labute approximate surface area is 73.3 Å². The Morgan fingerprint density at radius 2 is 2.00 bits per heavy atom. The normalized spacial score (nSPS) is 11.2. The van der Waals surface area contributed by atoms with Gasteiger partial charge in [0.1, 0.15) is 0 Å². The molecular formula is C11H13N. The first-order valence-electron chi connectivity index (χ1n) is 4.03. The molecule has 0 bridgehead atoms. The smallest absolute Gasteiger partial charge is 0.0177 e. The number of hydrogen-bond acceptors (Lipinski definition) is 1. The molecule has 1 heteroatoms. The van der Waals surface area contributed by atoms with E-state index in [1.807, 2.05) is 31.2 Å². The van der Waals surface area contributed by atoms with Crippen LogP contribution in [0.5, 0.6) is 0 Å². The third kappa shape index (κ3) is 2.70. The van der Waals surface area contributed by atoms with Gasteiger partial charge in [0.15, 0.2) is 0 Å². The molecule has 0 radical (unpaired) electrons. The van der Waals surface area contributed by atoms with E-state index in [0.29, 0.717) is 0 Å². The van der Waals surface area contributed by atoms with E-state index in [2.05, 4.69) is 12.1 Å². The van der Waals surface area contributed by atoms with Crippen molar-refractivity contribution in [1.29, 1.82) is 5.41 Å². The van der Waals surface area contributed by atoms with Gasteiger partial charge < -0.3 is 5.41 Å². The monoisotopic (exact) mass is 159 g/mol. The summed E-state index contributed by atoms with van der Waals surface area (Å²) in [6.07, 6.45) is 4.10. The first-order chi connectivity index (χ1) is 5.83. The third-order valence-corrected chi connectivity index (χ3v) is 1.69. The summed E-state index contributed by atoms with van der Waals surface area (Å²) in [5.74, 6) is 0. The zero-order valence-electron chi connectivity index (χ0n) is 7.25. The molecule has 0 saturated carbocycles. The molecule has 62 valence electrons. The maximum absolute atomic E-state index is 6.90. The van der Waals surface area contributed by atoms with Gasteiger partial charge in [-0.3, -0.25) is 0 Å². The van der Waals surface area contributed by atoms with Gasteiger partial charge in [0, 0.05) is 6.21 Å². The summed E-state index contributed by atoms with van der Waals surface area (Å²) in [5, 5.41) is 6.90. The van der Waals surface area contributed by atoms with Crippen molar-refractivity contribution in [3.8, 4) is 0 Å². The lowest BCUT2D eigenvalue weighted by atomic mass is 10.1. The number of hydrogen-bond donors (Lipinski definition) is 1. The maximum Gasteiger partial charge on any atom is 0.0177 e. The quantitative estimate of drug-likeness (QED) is 0.656. The topological polar surface area (TPSA) is 23.9 Å². The minimum Gasteiger partial charge on any atom is -0.309 e. The average molecular weight is 159 g/mol. The predicted molar refractivity (Wildman–Crippen MR) is 52.7 cm³/mol. The summed E-state index contributed by atoms with van der Waals surface area (Å²) in [6, 6.07) is 10.3.